The van der Waals surface area contributed by atoms with E-state index >= 15 is 0 Å². The fourth-order valence-electron chi connectivity index (χ4n) is 1.02. The molecule has 1 rings (SSSR count). The van der Waals surface area contributed by atoms with Crippen LogP contribution in [0.25, 0.3) is 0 Å². The highest BCUT2D eigenvalue weighted by Crippen LogP contribution is 2.52. The molecule has 1 saturated heterocycles. The van der Waals surface area contributed by atoms with Gasteiger partial charge >= 0.3 is 0 Å². The van der Waals surface area contributed by atoms with Crippen molar-refractivity contribution in [3.05, 3.63) is 0 Å². The van der Waals surface area contributed by atoms with Crippen LogP contribution in [0, 0.1) is 0 Å². The molecule has 0 aromatic carbocycles. The molecule has 0 N–H and O–H groups in total. The zero-order valence-electron chi connectivity index (χ0n) is 5.07. The van der Waals surface area contributed by atoms with Crippen LogP contribution in [-0.2, 0) is 0 Å². The molecule has 0 spiro atoms. The lowest BCUT2D eigenvalue weighted by Gasteiger charge is -1.83. The Kier molecular flexibility index (Phi) is 1.69. The van der Waals surface area contributed by atoms with Crippen molar-refractivity contribution in [2.24, 2.45) is 0 Å². The predicted octanol–water partition coefficient (Wildman–Crippen LogP) is 2.24. The maximum absolute atomic E-state index is 2.30. The highest BCUT2D eigenvalue weighted by atomic mass is 31.1. The molecule has 0 aromatic heterocycles. The van der Waals surface area contributed by atoms with Gasteiger partial charge in [0.1, 0.15) is 0 Å². The highest BCUT2D eigenvalue weighted by Gasteiger charge is 2.32. The summed E-state index contributed by atoms with van der Waals surface area (Å²) in [6, 6.07) is 0. The first-order valence-corrected chi connectivity index (χ1v) is 4.30. The first kappa shape index (κ1) is 5.56. The van der Waals surface area contributed by atoms with E-state index in [0.29, 0.717) is 0 Å². The quantitative estimate of drug-likeness (QED) is 0.485. The van der Waals surface area contributed by atoms with E-state index in [9.17, 15) is 0 Å². The molecule has 2 unspecified atom stereocenters. The van der Waals surface area contributed by atoms with E-state index in [-0.39, 0.29) is 0 Å². The van der Waals surface area contributed by atoms with Crippen LogP contribution in [0.1, 0.15) is 26.7 Å². The van der Waals surface area contributed by atoms with Crippen molar-refractivity contribution in [2.45, 2.75) is 38.0 Å². The standard InChI is InChI=1S/C6H13P/c1-3-5-6(4-2)7-5/h5-7H,3-4H2,1-2H3. The Hall–Kier alpha value is 0.430. The Morgan fingerprint density at radius 2 is 1.57 bits per heavy atom. The lowest BCUT2D eigenvalue weighted by atomic mass is 10.2. The Morgan fingerprint density at radius 1 is 1.14 bits per heavy atom. The van der Waals surface area contributed by atoms with Crippen molar-refractivity contribution < 1.29 is 0 Å². The molecule has 42 valence electrons. The fraction of sp³-hybridized carbons (Fsp3) is 1.00. The molecule has 1 fully saturated rings. The van der Waals surface area contributed by atoms with Crippen LogP contribution in [0.15, 0.2) is 0 Å². The minimum atomic E-state index is 1.14. The van der Waals surface area contributed by atoms with Crippen LogP contribution in [0.3, 0.4) is 0 Å². The van der Waals surface area contributed by atoms with Gasteiger partial charge in [-0.25, -0.2) is 0 Å². The molecule has 1 aliphatic rings. The van der Waals surface area contributed by atoms with E-state index in [4.69, 9.17) is 0 Å². The first-order chi connectivity index (χ1) is 3.38. The Balaban J connectivity index is 2.06. The summed E-state index contributed by atoms with van der Waals surface area (Å²) in [7, 11) is 1.32. The zero-order chi connectivity index (χ0) is 5.28. The molecule has 0 aromatic rings. The Labute approximate surface area is 47.5 Å². The molecule has 0 nitrogen and oxygen atoms in total. The predicted molar refractivity (Wildman–Crippen MR) is 36.5 cm³/mol. The normalized spacial score (nSPS) is 42.0. The molecule has 1 heterocycles. The molecular weight excluding hydrogens is 103 g/mol. The van der Waals surface area contributed by atoms with E-state index < -0.39 is 0 Å². The summed E-state index contributed by atoms with van der Waals surface area (Å²) in [5.41, 5.74) is 2.29. The molecule has 1 aliphatic heterocycles. The Bertz CT molecular complexity index is 53.2. The smallest absolute Gasteiger partial charge is 0.0171 e. The summed E-state index contributed by atoms with van der Waals surface area (Å²) in [5.74, 6) is 0. The van der Waals surface area contributed by atoms with Gasteiger partial charge in [0.2, 0.25) is 0 Å². The van der Waals surface area contributed by atoms with E-state index in [1.807, 2.05) is 0 Å². The third kappa shape index (κ3) is 1.16. The van der Waals surface area contributed by atoms with Crippen LogP contribution < -0.4 is 0 Å². The topological polar surface area (TPSA) is 0 Å². The van der Waals surface area contributed by atoms with Crippen molar-refractivity contribution in [3.8, 4) is 0 Å². The van der Waals surface area contributed by atoms with Gasteiger partial charge in [0.15, 0.2) is 0 Å². The molecular formula is C6H13P. The van der Waals surface area contributed by atoms with E-state index in [2.05, 4.69) is 13.8 Å². The molecule has 0 aliphatic carbocycles. The van der Waals surface area contributed by atoms with Crippen molar-refractivity contribution in [3.63, 3.8) is 0 Å². The summed E-state index contributed by atoms with van der Waals surface area (Å²) in [6.07, 6.45) is 2.86. The van der Waals surface area contributed by atoms with Crippen LogP contribution in [0.4, 0.5) is 0 Å². The third-order valence-electron chi connectivity index (χ3n) is 1.68. The van der Waals surface area contributed by atoms with Gasteiger partial charge in [-0.2, -0.15) is 0 Å². The molecule has 0 bridgehead atoms. The second-order valence-corrected chi connectivity index (χ2v) is 4.01. The second-order valence-electron chi connectivity index (χ2n) is 2.20. The van der Waals surface area contributed by atoms with Crippen LogP contribution in [0.2, 0.25) is 0 Å². The molecule has 0 radical (unpaired) electrons. The molecule has 1 heteroatoms. The van der Waals surface area contributed by atoms with Crippen LogP contribution in [-0.4, -0.2) is 11.3 Å². The van der Waals surface area contributed by atoms with Gasteiger partial charge in [0.05, 0.1) is 0 Å². The van der Waals surface area contributed by atoms with Gasteiger partial charge in [-0.05, 0) is 24.2 Å². The largest absolute Gasteiger partial charge is 0.114 e. The lowest BCUT2D eigenvalue weighted by Crippen LogP contribution is -1.87. The Morgan fingerprint density at radius 3 is 1.71 bits per heavy atom. The molecule has 7 heavy (non-hydrogen) atoms. The fourth-order valence-corrected chi connectivity index (χ4v) is 2.41. The van der Waals surface area contributed by atoms with Gasteiger partial charge in [-0.3, -0.25) is 0 Å². The van der Waals surface area contributed by atoms with Crippen molar-refractivity contribution in [1.82, 2.24) is 0 Å². The SMILES string of the molecule is CCC1PC1CC. The maximum atomic E-state index is 2.30. The highest BCUT2D eigenvalue weighted by molar-refractivity contribution is 7.48. The monoisotopic (exact) mass is 116 g/mol. The van der Waals surface area contributed by atoms with Crippen molar-refractivity contribution >= 4 is 8.58 Å². The lowest BCUT2D eigenvalue weighted by molar-refractivity contribution is 0.817. The summed E-state index contributed by atoms with van der Waals surface area (Å²) in [5, 5.41) is 0. The van der Waals surface area contributed by atoms with Crippen LogP contribution in [0.5, 0.6) is 0 Å². The summed E-state index contributed by atoms with van der Waals surface area (Å²) in [6.45, 7) is 4.60. The minimum Gasteiger partial charge on any atom is -0.114 e. The van der Waals surface area contributed by atoms with Gasteiger partial charge < -0.3 is 0 Å². The average molecular weight is 116 g/mol. The second kappa shape index (κ2) is 2.13. The van der Waals surface area contributed by atoms with E-state index in [1.54, 1.807) is 0 Å². The summed E-state index contributed by atoms with van der Waals surface area (Å²) in [4.78, 5) is 0. The van der Waals surface area contributed by atoms with E-state index in [1.165, 1.54) is 21.4 Å². The summed E-state index contributed by atoms with van der Waals surface area (Å²) >= 11 is 0. The number of hydrogen-bond acceptors (Lipinski definition) is 0. The zero-order valence-corrected chi connectivity index (χ0v) is 6.07. The molecule has 0 amide bonds. The van der Waals surface area contributed by atoms with Gasteiger partial charge in [0, 0.05) is 0 Å². The van der Waals surface area contributed by atoms with Gasteiger partial charge in [0.25, 0.3) is 0 Å². The maximum Gasteiger partial charge on any atom is -0.0171 e. The minimum absolute atomic E-state index is 1.14. The van der Waals surface area contributed by atoms with Crippen molar-refractivity contribution in [2.75, 3.05) is 0 Å². The van der Waals surface area contributed by atoms with Gasteiger partial charge in [-0.1, -0.05) is 13.8 Å². The first-order valence-electron chi connectivity index (χ1n) is 3.14. The molecule has 0 saturated carbocycles. The third-order valence-corrected chi connectivity index (χ3v) is 3.78. The van der Waals surface area contributed by atoms with Crippen molar-refractivity contribution in [1.29, 1.82) is 0 Å². The number of rotatable bonds is 2. The summed E-state index contributed by atoms with van der Waals surface area (Å²) < 4.78 is 0. The number of hydrogen-bond donors (Lipinski definition) is 0. The van der Waals surface area contributed by atoms with Crippen LogP contribution >= 0.6 is 8.58 Å². The van der Waals surface area contributed by atoms with Gasteiger partial charge in [-0.15, -0.1) is 8.58 Å². The van der Waals surface area contributed by atoms with E-state index in [0.717, 1.165) is 11.3 Å². The average Bonchev–Trinajstić information content (AvgIpc) is 2.43. The molecule has 2 atom stereocenters.